The number of nitrogens with two attached hydrogens (primary N) is 1. The van der Waals surface area contributed by atoms with Crippen LogP contribution in [0.25, 0.3) is 0 Å². The van der Waals surface area contributed by atoms with Gasteiger partial charge in [0.15, 0.2) is 0 Å². The molecule has 0 bridgehead atoms. The summed E-state index contributed by atoms with van der Waals surface area (Å²) in [5.74, 6) is -0.00400. The first kappa shape index (κ1) is 9.67. The molecule has 1 aliphatic carbocycles. The second kappa shape index (κ2) is 4.57. The van der Waals surface area contributed by atoms with E-state index < -0.39 is 10.8 Å². The molecule has 5 heteroatoms. The van der Waals surface area contributed by atoms with Crippen LogP contribution in [0.2, 0.25) is 0 Å². The van der Waals surface area contributed by atoms with Crippen LogP contribution >= 0.6 is 0 Å². The maximum Gasteiger partial charge on any atom is 0.232 e. The summed E-state index contributed by atoms with van der Waals surface area (Å²) in [6.45, 7) is 0.905. The van der Waals surface area contributed by atoms with Crippen molar-refractivity contribution < 1.29 is 9.00 Å². The molecule has 1 fully saturated rings. The standard InChI is InChI=1S/C7H14N2O2S/c8-3-4-9-7(10)5-12(11)6-1-2-6/h6H,1-5,8H2,(H,9,10). The van der Waals surface area contributed by atoms with Gasteiger partial charge < -0.3 is 11.1 Å². The summed E-state index contributed by atoms with van der Waals surface area (Å²) in [5, 5.41) is 2.87. The number of rotatable bonds is 5. The molecule has 4 nitrogen and oxygen atoms in total. The van der Waals surface area contributed by atoms with E-state index in [4.69, 9.17) is 5.73 Å². The summed E-state index contributed by atoms with van der Waals surface area (Å²) in [6.07, 6.45) is 2.02. The van der Waals surface area contributed by atoms with Crippen LogP contribution in [-0.4, -0.2) is 34.2 Å². The Morgan fingerprint density at radius 3 is 2.75 bits per heavy atom. The zero-order valence-electron chi connectivity index (χ0n) is 6.91. The van der Waals surface area contributed by atoms with Crippen LogP contribution in [0.1, 0.15) is 12.8 Å². The summed E-state index contributed by atoms with van der Waals surface area (Å²) in [4.78, 5) is 11.0. The molecule has 0 aromatic rings. The van der Waals surface area contributed by atoms with Crippen molar-refractivity contribution in [1.82, 2.24) is 5.32 Å². The van der Waals surface area contributed by atoms with Gasteiger partial charge in [0.1, 0.15) is 5.75 Å². The lowest BCUT2D eigenvalue weighted by Gasteiger charge is -2.01. The molecule has 1 aliphatic rings. The Hall–Kier alpha value is -0.420. The average Bonchev–Trinajstić information content (AvgIpc) is 2.82. The summed E-state index contributed by atoms with van der Waals surface area (Å²) in [7, 11) is -0.947. The number of carbonyl (C=O) groups is 1. The largest absolute Gasteiger partial charge is 0.354 e. The van der Waals surface area contributed by atoms with E-state index in [1.807, 2.05) is 0 Å². The van der Waals surface area contributed by atoms with Crippen molar-refractivity contribution in [1.29, 1.82) is 0 Å². The smallest absolute Gasteiger partial charge is 0.232 e. The highest BCUT2D eigenvalue weighted by molar-refractivity contribution is 7.86. The zero-order valence-corrected chi connectivity index (χ0v) is 7.73. The number of amides is 1. The molecule has 1 saturated carbocycles. The van der Waals surface area contributed by atoms with Crippen molar-refractivity contribution >= 4 is 16.7 Å². The van der Waals surface area contributed by atoms with Gasteiger partial charge in [-0.05, 0) is 12.8 Å². The summed E-state index contributed by atoms with van der Waals surface area (Å²) >= 11 is 0. The van der Waals surface area contributed by atoms with E-state index in [2.05, 4.69) is 5.32 Å². The van der Waals surface area contributed by atoms with Gasteiger partial charge in [-0.15, -0.1) is 0 Å². The van der Waals surface area contributed by atoms with Gasteiger partial charge in [0.25, 0.3) is 0 Å². The Bertz CT molecular complexity index is 192. The van der Waals surface area contributed by atoms with Crippen LogP contribution < -0.4 is 11.1 Å². The molecule has 0 radical (unpaired) electrons. The summed E-state index contributed by atoms with van der Waals surface area (Å²) in [5.41, 5.74) is 5.19. The third-order valence-corrected chi connectivity index (χ3v) is 3.40. The lowest BCUT2D eigenvalue weighted by atomic mass is 10.6. The molecule has 0 saturated heterocycles. The summed E-state index contributed by atoms with van der Waals surface area (Å²) in [6, 6.07) is 0. The first-order valence-electron chi connectivity index (χ1n) is 4.08. The van der Waals surface area contributed by atoms with Crippen molar-refractivity contribution in [2.24, 2.45) is 5.73 Å². The van der Waals surface area contributed by atoms with E-state index in [0.29, 0.717) is 13.1 Å². The molecule has 0 aliphatic heterocycles. The van der Waals surface area contributed by atoms with Gasteiger partial charge in [-0.1, -0.05) is 0 Å². The third kappa shape index (κ3) is 3.32. The predicted molar refractivity (Wildman–Crippen MR) is 48.1 cm³/mol. The Labute approximate surface area is 74.3 Å². The maximum absolute atomic E-state index is 11.2. The Balaban J connectivity index is 2.11. The normalized spacial score (nSPS) is 18.8. The highest BCUT2D eigenvalue weighted by atomic mass is 32.2. The first-order valence-corrected chi connectivity index (χ1v) is 5.46. The zero-order chi connectivity index (χ0) is 8.97. The van der Waals surface area contributed by atoms with Crippen molar-refractivity contribution in [2.75, 3.05) is 18.8 Å². The van der Waals surface area contributed by atoms with Gasteiger partial charge in [-0.2, -0.15) is 0 Å². The molecule has 1 amide bonds. The van der Waals surface area contributed by atoms with E-state index in [1.165, 1.54) is 0 Å². The van der Waals surface area contributed by atoms with E-state index in [1.54, 1.807) is 0 Å². The van der Waals surface area contributed by atoms with Crippen molar-refractivity contribution in [3.8, 4) is 0 Å². The van der Waals surface area contributed by atoms with E-state index in [9.17, 15) is 9.00 Å². The summed E-state index contributed by atoms with van der Waals surface area (Å²) < 4.78 is 11.2. The van der Waals surface area contributed by atoms with Crippen LogP contribution in [0.4, 0.5) is 0 Å². The van der Waals surface area contributed by atoms with E-state index in [0.717, 1.165) is 12.8 Å². The van der Waals surface area contributed by atoms with Crippen molar-refractivity contribution in [3.05, 3.63) is 0 Å². The van der Waals surface area contributed by atoms with Crippen molar-refractivity contribution in [3.63, 3.8) is 0 Å². The Kier molecular flexibility index (Phi) is 3.68. The Morgan fingerprint density at radius 1 is 1.58 bits per heavy atom. The van der Waals surface area contributed by atoms with Gasteiger partial charge in [0.05, 0.1) is 0 Å². The minimum atomic E-state index is -0.947. The fourth-order valence-electron chi connectivity index (χ4n) is 0.841. The van der Waals surface area contributed by atoms with Crippen LogP contribution in [-0.2, 0) is 15.6 Å². The van der Waals surface area contributed by atoms with Crippen LogP contribution in [0.15, 0.2) is 0 Å². The second-order valence-electron chi connectivity index (χ2n) is 2.86. The molecule has 1 unspecified atom stereocenters. The molecule has 0 heterocycles. The van der Waals surface area contributed by atoms with Crippen LogP contribution in [0.3, 0.4) is 0 Å². The third-order valence-electron chi connectivity index (χ3n) is 1.64. The van der Waals surface area contributed by atoms with Crippen molar-refractivity contribution in [2.45, 2.75) is 18.1 Å². The molecule has 3 N–H and O–H groups in total. The molecule has 12 heavy (non-hydrogen) atoms. The number of hydrogen-bond donors (Lipinski definition) is 2. The highest BCUT2D eigenvalue weighted by Gasteiger charge is 2.29. The first-order chi connectivity index (χ1) is 5.74. The SMILES string of the molecule is NCCNC(=O)CS(=O)C1CC1. The lowest BCUT2D eigenvalue weighted by molar-refractivity contribution is -0.118. The number of nitrogens with one attached hydrogen (secondary N) is 1. The topological polar surface area (TPSA) is 72.2 Å². The number of hydrogen-bond acceptors (Lipinski definition) is 3. The molecule has 0 spiro atoms. The number of carbonyl (C=O) groups excluding carboxylic acids is 1. The van der Waals surface area contributed by atoms with Crippen LogP contribution in [0.5, 0.6) is 0 Å². The minimum Gasteiger partial charge on any atom is -0.354 e. The maximum atomic E-state index is 11.2. The Morgan fingerprint density at radius 2 is 2.25 bits per heavy atom. The average molecular weight is 190 g/mol. The van der Waals surface area contributed by atoms with E-state index >= 15 is 0 Å². The molecule has 1 rings (SSSR count). The molecule has 0 aromatic carbocycles. The monoisotopic (exact) mass is 190 g/mol. The van der Waals surface area contributed by atoms with Gasteiger partial charge in [0.2, 0.25) is 5.91 Å². The fourth-order valence-corrected chi connectivity index (χ4v) is 2.10. The van der Waals surface area contributed by atoms with Gasteiger partial charge in [-0.25, -0.2) is 0 Å². The van der Waals surface area contributed by atoms with Gasteiger partial charge >= 0.3 is 0 Å². The second-order valence-corrected chi connectivity index (χ2v) is 4.58. The molecule has 0 aromatic heterocycles. The lowest BCUT2D eigenvalue weighted by Crippen LogP contribution is -2.33. The highest BCUT2D eigenvalue weighted by Crippen LogP contribution is 2.25. The molecular formula is C7H14N2O2S. The van der Waals surface area contributed by atoms with Gasteiger partial charge in [-0.3, -0.25) is 9.00 Å². The predicted octanol–water partition coefficient (Wildman–Crippen LogP) is -1.03. The quantitative estimate of drug-likeness (QED) is 0.582. The van der Waals surface area contributed by atoms with Gasteiger partial charge in [0, 0.05) is 29.1 Å². The van der Waals surface area contributed by atoms with E-state index in [-0.39, 0.29) is 16.9 Å². The molecule has 70 valence electrons. The molecular weight excluding hydrogens is 176 g/mol. The fraction of sp³-hybridized carbons (Fsp3) is 0.857. The van der Waals surface area contributed by atoms with Crippen LogP contribution in [0, 0.1) is 0 Å². The molecule has 1 atom stereocenters. The minimum absolute atomic E-state index is 0.144.